The summed E-state index contributed by atoms with van der Waals surface area (Å²) in [5.74, 6) is -0.153. The number of hydrogen-bond donors (Lipinski definition) is 2. The van der Waals surface area contributed by atoms with Crippen molar-refractivity contribution in [2.24, 2.45) is 0 Å². The minimum atomic E-state index is -0.153. The van der Waals surface area contributed by atoms with Gasteiger partial charge >= 0.3 is 0 Å². The first-order chi connectivity index (χ1) is 11.1. The first-order valence-corrected chi connectivity index (χ1v) is 7.45. The Labute approximate surface area is 136 Å². The fraction of sp³-hybridized carbons (Fsp3) is 0.278. The third-order valence-corrected chi connectivity index (χ3v) is 3.50. The summed E-state index contributed by atoms with van der Waals surface area (Å²) in [5.41, 5.74) is 3.27. The number of benzene rings is 2. The molecule has 0 aliphatic carbocycles. The average molecular weight is 314 g/mol. The predicted octanol–water partition coefficient (Wildman–Crippen LogP) is 2.51. The van der Waals surface area contributed by atoms with Crippen LogP contribution >= 0.6 is 0 Å². The molecule has 0 fully saturated rings. The van der Waals surface area contributed by atoms with Gasteiger partial charge in [0, 0.05) is 37.6 Å². The zero-order chi connectivity index (χ0) is 16.7. The highest BCUT2D eigenvalue weighted by Gasteiger charge is 2.07. The van der Waals surface area contributed by atoms with Gasteiger partial charge in [0.1, 0.15) is 0 Å². The number of anilines is 2. The molecule has 0 heterocycles. The fourth-order valence-corrected chi connectivity index (χ4v) is 2.25. The summed E-state index contributed by atoms with van der Waals surface area (Å²) in [6, 6.07) is 14.9. The Kier molecular flexibility index (Phi) is 6.14. The van der Waals surface area contributed by atoms with Gasteiger partial charge in [-0.1, -0.05) is 12.1 Å². The van der Waals surface area contributed by atoms with E-state index in [1.807, 2.05) is 54.4 Å². The molecular formula is C18H22N2O3. The van der Waals surface area contributed by atoms with Crippen molar-refractivity contribution in [3.05, 3.63) is 59.7 Å². The van der Waals surface area contributed by atoms with Crippen LogP contribution in [0, 0.1) is 0 Å². The quantitative estimate of drug-likeness (QED) is 0.824. The Bertz CT molecular complexity index is 641. The van der Waals surface area contributed by atoms with Crippen LogP contribution in [0.15, 0.2) is 48.5 Å². The maximum Gasteiger partial charge on any atom is 0.255 e. The van der Waals surface area contributed by atoms with Crippen molar-refractivity contribution in [1.82, 2.24) is 0 Å². The molecule has 0 aliphatic rings. The van der Waals surface area contributed by atoms with E-state index in [1.54, 1.807) is 13.2 Å². The van der Waals surface area contributed by atoms with Gasteiger partial charge in [0.25, 0.3) is 5.91 Å². The van der Waals surface area contributed by atoms with E-state index in [-0.39, 0.29) is 12.5 Å². The van der Waals surface area contributed by atoms with E-state index in [0.29, 0.717) is 18.7 Å². The molecule has 5 heteroatoms. The number of nitrogens with zero attached hydrogens (tertiary/aromatic N) is 1. The standard InChI is InChI=1S/C18H22N2O3/c1-20(10-11-21)17-8-6-16(7-9-17)19-18(22)15-5-3-4-14(12-15)13-23-2/h3-9,12,21H,10-11,13H2,1-2H3,(H,19,22). The van der Waals surface area contributed by atoms with Crippen molar-refractivity contribution in [1.29, 1.82) is 0 Å². The highest BCUT2D eigenvalue weighted by Crippen LogP contribution is 2.17. The van der Waals surface area contributed by atoms with Crippen LogP contribution in [0.5, 0.6) is 0 Å². The van der Waals surface area contributed by atoms with E-state index < -0.39 is 0 Å². The van der Waals surface area contributed by atoms with Crippen LogP contribution in [-0.2, 0) is 11.3 Å². The van der Waals surface area contributed by atoms with Gasteiger partial charge < -0.3 is 20.1 Å². The zero-order valence-electron chi connectivity index (χ0n) is 13.5. The molecule has 2 aromatic rings. The number of ether oxygens (including phenoxy) is 1. The van der Waals surface area contributed by atoms with Gasteiger partial charge in [-0.3, -0.25) is 4.79 Å². The summed E-state index contributed by atoms with van der Waals surface area (Å²) >= 11 is 0. The van der Waals surface area contributed by atoms with E-state index in [1.165, 1.54) is 0 Å². The first kappa shape index (κ1) is 17.0. The maximum atomic E-state index is 12.3. The monoisotopic (exact) mass is 314 g/mol. The Morgan fingerprint density at radius 2 is 1.96 bits per heavy atom. The lowest BCUT2D eigenvalue weighted by Crippen LogP contribution is -2.21. The number of carbonyl (C=O) groups is 1. The van der Waals surface area contributed by atoms with Crippen molar-refractivity contribution in [2.75, 3.05) is 37.5 Å². The van der Waals surface area contributed by atoms with Crippen LogP contribution in [0.25, 0.3) is 0 Å². The average Bonchev–Trinajstić information content (AvgIpc) is 2.56. The molecule has 0 saturated heterocycles. The number of methoxy groups -OCH3 is 1. The van der Waals surface area contributed by atoms with Gasteiger partial charge in [0.05, 0.1) is 13.2 Å². The Morgan fingerprint density at radius 1 is 1.22 bits per heavy atom. The van der Waals surface area contributed by atoms with Gasteiger partial charge in [0.2, 0.25) is 0 Å². The third kappa shape index (κ3) is 4.81. The zero-order valence-corrected chi connectivity index (χ0v) is 13.5. The van der Waals surface area contributed by atoms with Crippen molar-refractivity contribution in [2.45, 2.75) is 6.61 Å². The van der Waals surface area contributed by atoms with Crippen LogP contribution in [0.3, 0.4) is 0 Å². The minimum absolute atomic E-state index is 0.104. The molecule has 5 nitrogen and oxygen atoms in total. The molecule has 0 bridgehead atoms. The van der Waals surface area contributed by atoms with Crippen LogP contribution in [0.2, 0.25) is 0 Å². The molecule has 0 spiro atoms. The molecule has 2 N–H and O–H groups in total. The highest BCUT2D eigenvalue weighted by atomic mass is 16.5. The smallest absolute Gasteiger partial charge is 0.255 e. The first-order valence-electron chi connectivity index (χ1n) is 7.45. The van der Waals surface area contributed by atoms with Crippen LogP contribution in [0.1, 0.15) is 15.9 Å². The molecule has 0 aromatic heterocycles. The van der Waals surface area contributed by atoms with Crippen LogP contribution in [-0.4, -0.2) is 38.3 Å². The highest BCUT2D eigenvalue weighted by molar-refractivity contribution is 6.04. The van der Waals surface area contributed by atoms with E-state index in [0.717, 1.165) is 16.9 Å². The molecule has 2 aromatic carbocycles. The second-order valence-corrected chi connectivity index (χ2v) is 5.28. The van der Waals surface area contributed by atoms with E-state index in [4.69, 9.17) is 9.84 Å². The molecule has 0 aliphatic heterocycles. The summed E-state index contributed by atoms with van der Waals surface area (Å²) < 4.78 is 5.08. The summed E-state index contributed by atoms with van der Waals surface area (Å²) in [5, 5.41) is 11.8. The van der Waals surface area contributed by atoms with Crippen LogP contribution in [0.4, 0.5) is 11.4 Å². The molecule has 0 atom stereocenters. The van der Waals surface area contributed by atoms with Crippen molar-refractivity contribution in [3.63, 3.8) is 0 Å². The molecule has 0 unspecified atom stereocenters. The largest absolute Gasteiger partial charge is 0.395 e. The van der Waals surface area contributed by atoms with Gasteiger partial charge in [-0.2, -0.15) is 0 Å². The van der Waals surface area contributed by atoms with Crippen molar-refractivity contribution < 1.29 is 14.6 Å². The normalized spacial score (nSPS) is 10.4. The van der Waals surface area contributed by atoms with Gasteiger partial charge in [-0.05, 0) is 42.0 Å². The van der Waals surface area contributed by atoms with Crippen molar-refractivity contribution in [3.8, 4) is 0 Å². The summed E-state index contributed by atoms with van der Waals surface area (Å²) in [7, 11) is 3.53. The SMILES string of the molecule is COCc1cccc(C(=O)Nc2ccc(N(C)CCO)cc2)c1. The number of aliphatic hydroxyl groups is 1. The van der Waals surface area contributed by atoms with E-state index >= 15 is 0 Å². The lowest BCUT2D eigenvalue weighted by atomic mass is 10.1. The molecular weight excluding hydrogens is 292 g/mol. The van der Waals surface area contributed by atoms with Crippen LogP contribution < -0.4 is 10.2 Å². The Balaban J connectivity index is 2.04. The fourth-order valence-electron chi connectivity index (χ4n) is 2.25. The Morgan fingerprint density at radius 3 is 2.61 bits per heavy atom. The molecule has 122 valence electrons. The number of carbonyl (C=O) groups excluding carboxylic acids is 1. The molecule has 1 amide bonds. The number of nitrogens with one attached hydrogen (secondary N) is 1. The topological polar surface area (TPSA) is 61.8 Å². The molecule has 0 radical (unpaired) electrons. The number of hydrogen-bond acceptors (Lipinski definition) is 4. The molecule has 2 rings (SSSR count). The number of amides is 1. The van der Waals surface area contributed by atoms with E-state index in [2.05, 4.69) is 5.32 Å². The van der Waals surface area contributed by atoms with Crippen molar-refractivity contribution >= 4 is 17.3 Å². The van der Waals surface area contributed by atoms with Gasteiger partial charge in [-0.25, -0.2) is 0 Å². The Hall–Kier alpha value is -2.37. The second kappa shape index (κ2) is 8.31. The predicted molar refractivity (Wildman–Crippen MR) is 91.9 cm³/mol. The molecule has 23 heavy (non-hydrogen) atoms. The summed E-state index contributed by atoms with van der Waals surface area (Å²) in [6.45, 7) is 1.15. The second-order valence-electron chi connectivity index (χ2n) is 5.28. The number of rotatable bonds is 7. The molecule has 0 saturated carbocycles. The minimum Gasteiger partial charge on any atom is -0.395 e. The van der Waals surface area contributed by atoms with Gasteiger partial charge in [-0.15, -0.1) is 0 Å². The van der Waals surface area contributed by atoms with Gasteiger partial charge in [0.15, 0.2) is 0 Å². The lowest BCUT2D eigenvalue weighted by molar-refractivity contribution is 0.102. The summed E-state index contributed by atoms with van der Waals surface area (Å²) in [6.07, 6.45) is 0. The lowest BCUT2D eigenvalue weighted by Gasteiger charge is -2.18. The number of aliphatic hydroxyl groups excluding tert-OH is 1. The summed E-state index contributed by atoms with van der Waals surface area (Å²) in [4.78, 5) is 14.2. The third-order valence-electron chi connectivity index (χ3n) is 3.50. The number of likely N-dealkylation sites (N-methyl/N-ethyl adjacent to an activating group) is 1. The maximum absolute atomic E-state index is 12.3. The van der Waals surface area contributed by atoms with E-state index in [9.17, 15) is 4.79 Å².